The van der Waals surface area contributed by atoms with Crippen LogP contribution in [0.4, 0.5) is 0 Å². The number of ether oxygens (including phenoxy) is 2. The molecule has 0 radical (unpaired) electrons. The van der Waals surface area contributed by atoms with Crippen molar-refractivity contribution in [2.45, 2.75) is 39.0 Å². The van der Waals surface area contributed by atoms with Crippen LogP contribution in [0, 0.1) is 6.92 Å². The molecule has 0 spiro atoms. The number of hydrogen-bond donors (Lipinski definition) is 1. The lowest BCUT2D eigenvalue weighted by Crippen LogP contribution is -2.44. The first-order valence-electron chi connectivity index (χ1n) is 8.17. The van der Waals surface area contributed by atoms with E-state index in [4.69, 9.17) is 13.9 Å². The van der Waals surface area contributed by atoms with Gasteiger partial charge in [0.2, 0.25) is 5.91 Å². The molecular formula is C17H22N2O5. The molecule has 1 aromatic carbocycles. The van der Waals surface area contributed by atoms with Crippen LogP contribution < -0.4 is 11.1 Å². The molecule has 1 aliphatic rings. The van der Waals surface area contributed by atoms with Gasteiger partial charge >= 0.3 is 5.76 Å². The predicted octanol–water partition coefficient (Wildman–Crippen LogP) is 1.21. The molecule has 0 bridgehead atoms. The molecular weight excluding hydrogens is 312 g/mol. The Hall–Kier alpha value is -2.12. The maximum atomic E-state index is 12.2. The summed E-state index contributed by atoms with van der Waals surface area (Å²) in [5.74, 6) is -0.580. The summed E-state index contributed by atoms with van der Waals surface area (Å²) < 4.78 is 17.6. The first-order chi connectivity index (χ1) is 11.6. The predicted molar refractivity (Wildman–Crippen MR) is 88.0 cm³/mol. The lowest BCUT2D eigenvalue weighted by Gasteiger charge is -2.18. The minimum Gasteiger partial charge on any atom is -0.408 e. The number of nitrogens with zero attached hydrogens (tertiary/aromatic N) is 1. The molecule has 0 unspecified atom stereocenters. The van der Waals surface area contributed by atoms with E-state index in [1.807, 2.05) is 26.0 Å². The number of amides is 1. The average molecular weight is 334 g/mol. The SMILES string of the molecule is CCO[C@H]1COC[C@@H]1NC(=O)CCn1c(=O)oc2ccc(C)cc21. The molecule has 24 heavy (non-hydrogen) atoms. The largest absolute Gasteiger partial charge is 0.419 e. The van der Waals surface area contributed by atoms with Gasteiger partial charge < -0.3 is 19.2 Å². The third-order valence-corrected chi connectivity index (χ3v) is 4.14. The van der Waals surface area contributed by atoms with Gasteiger partial charge in [-0.2, -0.15) is 0 Å². The van der Waals surface area contributed by atoms with Crippen molar-refractivity contribution in [2.75, 3.05) is 19.8 Å². The fourth-order valence-electron chi connectivity index (χ4n) is 2.92. The van der Waals surface area contributed by atoms with E-state index in [0.717, 1.165) is 5.56 Å². The Balaban J connectivity index is 1.63. The van der Waals surface area contributed by atoms with Crippen molar-refractivity contribution in [3.63, 3.8) is 0 Å². The second-order valence-electron chi connectivity index (χ2n) is 5.95. The van der Waals surface area contributed by atoms with Gasteiger partial charge in [-0.3, -0.25) is 9.36 Å². The highest BCUT2D eigenvalue weighted by molar-refractivity contribution is 5.77. The highest BCUT2D eigenvalue weighted by atomic mass is 16.5. The van der Waals surface area contributed by atoms with E-state index in [1.54, 1.807) is 6.07 Å². The van der Waals surface area contributed by atoms with E-state index in [2.05, 4.69) is 5.32 Å². The normalized spacial score (nSPS) is 20.6. The number of aromatic nitrogens is 1. The highest BCUT2D eigenvalue weighted by Gasteiger charge is 2.29. The van der Waals surface area contributed by atoms with E-state index >= 15 is 0 Å². The van der Waals surface area contributed by atoms with Gasteiger partial charge in [0.05, 0.1) is 24.8 Å². The van der Waals surface area contributed by atoms with Gasteiger partial charge in [-0.1, -0.05) is 6.07 Å². The molecule has 1 aliphatic heterocycles. The van der Waals surface area contributed by atoms with Crippen LogP contribution in [0.25, 0.3) is 11.1 Å². The number of oxazole rings is 1. The molecule has 2 atom stereocenters. The monoisotopic (exact) mass is 334 g/mol. The van der Waals surface area contributed by atoms with Crippen LogP contribution in [0.15, 0.2) is 27.4 Å². The first-order valence-corrected chi connectivity index (χ1v) is 8.17. The summed E-state index contributed by atoms with van der Waals surface area (Å²) in [5, 5.41) is 2.92. The summed E-state index contributed by atoms with van der Waals surface area (Å²) >= 11 is 0. The maximum absolute atomic E-state index is 12.2. The molecule has 0 aliphatic carbocycles. The molecule has 1 N–H and O–H groups in total. The fraction of sp³-hybridized carbons (Fsp3) is 0.529. The van der Waals surface area contributed by atoms with Crippen molar-refractivity contribution in [1.82, 2.24) is 9.88 Å². The number of aryl methyl sites for hydroxylation is 2. The maximum Gasteiger partial charge on any atom is 0.419 e. The molecule has 1 fully saturated rings. The van der Waals surface area contributed by atoms with Gasteiger partial charge in [-0.25, -0.2) is 4.79 Å². The van der Waals surface area contributed by atoms with Gasteiger partial charge in [-0.15, -0.1) is 0 Å². The van der Waals surface area contributed by atoms with E-state index < -0.39 is 5.76 Å². The van der Waals surface area contributed by atoms with Crippen LogP contribution in [0.2, 0.25) is 0 Å². The zero-order valence-electron chi connectivity index (χ0n) is 13.9. The van der Waals surface area contributed by atoms with E-state index in [9.17, 15) is 9.59 Å². The van der Waals surface area contributed by atoms with Crippen molar-refractivity contribution in [3.8, 4) is 0 Å². The third kappa shape index (κ3) is 3.52. The number of carbonyl (C=O) groups is 1. The Kier molecular flexibility index (Phi) is 5.01. The molecule has 1 saturated heterocycles. The number of rotatable bonds is 6. The summed E-state index contributed by atoms with van der Waals surface area (Å²) in [5.41, 5.74) is 2.28. The van der Waals surface area contributed by atoms with Crippen molar-refractivity contribution in [2.24, 2.45) is 0 Å². The zero-order valence-corrected chi connectivity index (χ0v) is 13.9. The van der Waals surface area contributed by atoms with E-state index in [1.165, 1.54) is 4.57 Å². The van der Waals surface area contributed by atoms with Crippen LogP contribution in [-0.2, 0) is 20.8 Å². The fourth-order valence-corrected chi connectivity index (χ4v) is 2.92. The average Bonchev–Trinajstić information content (AvgIpc) is 3.09. The van der Waals surface area contributed by atoms with Crippen LogP contribution >= 0.6 is 0 Å². The highest BCUT2D eigenvalue weighted by Crippen LogP contribution is 2.15. The van der Waals surface area contributed by atoms with Crippen molar-refractivity contribution >= 4 is 17.0 Å². The third-order valence-electron chi connectivity index (χ3n) is 4.14. The standard InChI is InChI=1S/C17H22N2O5/c1-3-23-15-10-22-9-12(15)18-16(20)6-7-19-13-8-11(2)4-5-14(13)24-17(19)21/h4-5,8,12,15H,3,6-7,9-10H2,1-2H3,(H,18,20)/t12-,15-/m0/s1. The summed E-state index contributed by atoms with van der Waals surface area (Å²) in [7, 11) is 0. The molecule has 2 heterocycles. The smallest absolute Gasteiger partial charge is 0.408 e. The van der Waals surface area contributed by atoms with Crippen LogP contribution in [-0.4, -0.2) is 42.4 Å². The molecule has 1 amide bonds. The van der Waals surface area contributed by atoms with Gasteiger partial charge in [0.1, 0.15) is 6.10 Å². The molecule has 0 saturated carbocycles. The Morgan fingerprint density at radius 1 is 1.42 bits per heavy atom. The Bertz CT molecular complexity index is 779. The van der Waals surface area contributed by atoms with Crippen molar-refractivity contribution < 1.29 is 18.7 Å². The molecule has 7 nitrogen and oxygen atoms in total. The molecule has 2 aromatic rings. The molecule has 3 rings (SSSR count). The summed E-state index contributed by atoms with van der Waals surface area (Å²) in [6.07, 6.45) is 0.0803. The number of fused-ring (bicyclic) bond motifs is 1. The van der Waals surface area contributed by atoms with Gasteiger partial charge in [-0.05, 0) is 31.5 Å². The number of nitrogens with one attached hydrogen (secondary N) is 1. The van der Waals surface area contributed by atoms with E-state index in [-0.39, 0.29) is 31.0 Å². The Labute approximate surface area is 139 Å². The molecule has 7 heteroatoms. The minimum absolute atomic E-state index is 0.112. The van der Waals surface area contributed by atoms with Gasteiger partial charge in [0.25, 0.3) is 0 Å². The first kappa shape index (κ1) is 16.7. The lowest BCUT2D eigenvalue weighted by molar-refractivity contribution is -0.122. The molecule has 1 aromatic heterocycles. The quantitative estimate of drug-likeness (QED) is 0.859. The number of hydrogen-bond acceptors (Lipinski definition) is 5. The van der Waals surface area contributed by atoms with Gasteiger partial charge in [0, 0.05) is 19.6 Å². The van der Waals surface area contributed by atoms with Gasteiger partial charge in [0.15, 0.2) is 5.58 Å². The Morgan fingerprint density at radius 3 is 3.04 bits per heavy atom. The topological polar surface area (TPSA) is 82.7 Å². The second kappa shape index (κ2) is 7.19. The summed E-state index contributed by atoms with van der Waals surface area (Å²) in [4.78, 5) is 24.2. The Morgan fingerprint density at radius 2 is 2.25 bits per heavy atom. The van der Waals surface area contributed by atoms with Crippen LogP contribution in [0.3, 0.4) is 0 Å². The zero-order chi connectivity index (χ0) is 17.1. The second-order valence-corrected chi connectivity index (χ2v) is 5.95. The van der Waals surface area contributed by atoms with Crippen molar-refractivity contribution in [3.05, 3.63) is 34.3 Å². The van der Waals surface area contributed by atoms with Crippen molar-refractivity contribution in [1.29, 1.82) is 0 Å². The number of carbonyl (C=O) groups excluding carboxylic acids is 1. The number of benzene rings is 1. The van der Waals surface area contributed by atoms with Crippen LogP contribution in [0.5, 0.6) is 0 Å². The van der Waals surface area contributed by atoms with Crippen LogP contribution in [0.1, 0.15) is 18.9 Å². The summed E-state index contributed by atoms with van der Waals surface area (Å²) in [6, 6.07) is 5.40. The summed E-state index contributed by atoms with van der Waals surface area (Å²) in [6.45, 7) is 5.65. The van der Waals surface area contributed by atoms with E-state index in [0.29, 0.717) is 30.9 Å². The lowest BCUT2D eigenvalue weighted by atomic mass is 10.2. The molecule has 130 valence electrons. The minimum atomic E-state index is -0.445.